The molecule has 0 saturated heterocycles. The molecule has 42 heavy (non-hydrogen) atoms. The molecule has 11 rings (SSSR count). The van der Waals surface area contributed by atoms with E-state index in [9.17, 15) is 8.78 Å². The lowest BCUT2D eigenvalue weighted by molar-refractivity contribution is -0.00655. The first-order valence-corrected chi connectivity index (χ1v) is 16.6. The topological polar surface area (TPSA) is 18.5 Å². The average molecular weight is 567 g/mol. The normalized spacial score (nSPS) is 37.3. The molecule has 218 valence electrons. The number of hydrogen-bond donors (Lipinski definition) is 0. The SMILES string of the molecule is Fc1cccc(Oc2ccc(C3C4CC5CC(C4)CC3C5)c(Oc3cccc(F)c3)c2C2C3CC4CC(C3)CC2C4)c1. The Morgan fingerprint density at radius 1 is 0.500 bits per heavy atom. The van der Waals surface area contributed by atoms with Gasteiger partial charge in [-0.15, -0.1) is 0 Å². The van der Waals surface area contributed by atoms with Crippen molar-refractivity contribution in [2.75, 3.05) is 0 Å². The van der Waals surface area contributed by atoms with Gasteiger partial charge in [0.05, 0.1) is 0 Å². The zero-order chi connectivity index (χ0) is 27.9. The van der Waals surface area contributed by atoms with Crippen LogP contribution in [0, 0.1) is 59.0 Å². The van der Waals surface area contributed by atoms with Crippen LogP contribution in [0.15, 0.2) is 60.7 Å². The third kappa shape index (κ3) is 4.30. The second-order valence-electron chi connectivity index (χ2n) is 14.9. The van der Waals surface area contributed by atoms with Gasteiger partial charge in [-0.05, 0) is 159 Å². The van der Waals surface area contributed by atoms with Crippen molar-refractivity contribution in [3.63, 3.8) is 0 Å². The smallest absolute Gasteiger partial charge is 0.138 e. The highest BCUT2D eigenvalue weighted by Crippen LogP contribution is 2.65. The lowest BCUT2D eigenvalue weighted by Crippen LogP contribution is -2.45. The molecule has 2 nitrogen and oxygen atoms in total. The van der Waals surface area contributed by atoms with Gasteiger partial charge in [-0.1, -0.05) is 18.2 Å². The van der Waals surface area contributed by atoms with E-state index in [1.807, 2.05) is 12.1 Å². The van der Waals surface area contributed by atoms with Crippen LogP contribution < -0.4 is 9.47 Å². The monoisotopic (exact) mass is 566 g/mol. The second kappa shape index (κ2) is 9.82. The highest BCUT2D eigenvalue weighted by Gasteiger charge is 2.53. The van der Waals surface area contributed by atoms with E-state index < -0.39 is 0 Å². The van der Waals surface area contributed by atoms with Crippen LogP contribution in [0.3, 0.4) is 0 Å². The highest BCUT2D eigenvalue weighted by molar-refractivity contribution is 5.57. The van der Waals surface area contributed by atoms with E-state index in [0.717, 1.165) is 35.2 Å². The minimum absolute atomic E-state index is 0.285. The molecule has 8 fully saturated rings. The first-order valence-electron chi connectivity index (χ1n) is 16.6. The molecule has 0 amide bonds. The quantitative estimate of drug-likeness (QED) is 0.295. The molecule has 3 aromatic carbocycles. The summed E-state index contributed by atoms with van der Waals surface area (Å²) >= 11 is 0. The van der Waals surface area contributed by atoms with Crippen LogP contribution in [0.4, 0.5) is 8.78 Å². The van der Waals surface area contributed by atoms with E-state index in [1.165, 1.54) is 99.6 Å². The van der Waals surface area contributed by atoms with Gasteiger partial charge < -0.3 is 9.47 Å². The zero-order valence-corrected chi connectivity index (χ0v) is 24.2. The van der Waals surface area contributed by atoms with Gasteiger partial charge in [0.2, 0.25) is 0 Å². The van der Waals surface area contributed by atoms with Crippen LogP contribution in [-0.4, -0.2) is 0 Å². The Hall–Kier alpha value is -2.88. The molecule has 0 aliphatic heterocycles. The van der Waals surface area contributed by atoms with Gasteiger partial charge in [0.1, 0.15) is 34.6 Å². The number of rotatable bonds is 6. The largest absolute Gasteiger partial charge is 0.457 e. The summed E-state index contributed by atoms with van der Waals surface area (Å²) in [6.07, 6.45) is 13.2. The first kappa shape index (κ1) is 25.6. The van der Waals surface area contributed by atoms with Crippen molar-refractivity contribution in [3.8, 4) is 23.0 Å². The van der Waals surface area contributed by atoms with Gasteiger partial charge >= 0.3 is 0 Å². The standard InChI is InChI=1S/C38H40F2O2/c39-29-3-1-5-31(19-29)41-34-8-7-33(35-25-11-21-9-22(13-25)14-26(35)12-21)38(42-32-6-2-4-30(40)20-32)37(34)36-27-15-23-10-24(17-27)18-28(36)16-23/h1-8,19-28,35-36H,9-18H2. The van der Waals surface area contributed by atoms with Crippen LogP contribution in [0.5, 0.6) is 23.0 Å². The molecule has 3 aromatic rings. The van der Waals surface area contributed by atoms with E-state index in [-0.39, 0.29) is 11.6 Å². The second-order valence-corrected chi connectivity index (χ2v) is 14.9. The fourth-order valence-electron chi connectivity index (χ4n) is 11.5. The lowest BCUT2D eigenvalue weighted by atomic mass is 9.49. The van der Waals surface area contributed by atoms with Gasteiger partial charge in [-0.3, -0.25) is 0 Å². The summed E-state index contributed by atoms with van der Waals surface area (Å²) in [6.45, 7) is 0. The Bertz CT molecular complexity index is 1460. The number of halogens is 2. The van der Waals surface area contributed by atoms with Gasteiger partial charge in [0, 0.05) is 17.7 Å². The Morgan fingerprint density at radius 2 is 0.976 bits per heavy atom. The summed E-state index contributed by atoms with van der Waals surface area (Å²) in [4.78, 5) is 0. The van der Waals surface area contributed by atoms with Gasteiger partial charge in [0.15, 0.2) is 0 Å². The Labute approximate surface area is 247 Å². The third-order valence-electron chi connectivity index (χ3n) is 12.4. The molecule has 8 aliphatic carbocycles. The number of hydrogen-bond acceptors (Lipinski definition) is 2. The van der Waals surface area contributed by atoms with Crippen LogP contribution in [-0.2, 0) is 0 Å². The van der Waals surface area contributed by atoms with E-state index >= 15 is 0 Å². The summed E-state index contributed by atoms with van der Waals surface area (Å²) in [5.41, 5.74) is 2.48. The first-order chi connectivity index (χ1) is 20.5. The molecule has 8 aliphatic rings. The lowest BCUT2D eigenvalue weighted by Gasteiger charge is -2.56. The summed E-state index contributed by atoms with van der Waals surface area (Å²) in [5.74, 6) is 9.07. The van der Waals surface area contributed by atoms with Crippen molar-refractivity contribution in [1.82, 2.24) is 0 Å². The summed E-state index contributed by atoms with van der Waals surface area (Å²) in [6, 6.07) is 17.5. The van der Waals surface area contributed by atoms with Gasteiger partial charge in [-0.2, -0.15) is 0 Å². The maximum Gasteiger partial charge on any atom is 0.138 e. The van der Waals surface area contributed by atoms with Crippen molar-refractivity contribution >= 4 is 0 Å². The highest BCUT2D eigenvalue weighted by atomic mass is 19.1. The fraction of sp³-hybridized carbons (Fsp3) is 0.526. The Kier molecular flexibility index (Phi) is 5.99. The molecule has 4 heteroatoms. The summed E-state index contributed by atoms with van der Waals surface area (Å²) in [5, 5.41) is 0. The van der Waals surface area contributed by atoms with Crippen molar-refractivity contribution in [3.05, 3.63) is 83.4 Å². The molecule has 0 unspecified atom stereocenters. The van der Waals surface area contributed by atoms with E-state index in [0.29, 0.717) is 47.0 Å². The van der Waals surface area contributed by atoms with E-state index in [4.69, 9.17) is 9.47 Å². The maximum absolute atomic E-state index is 14.5. The Balaban J connectivity index is 1.23. The zero-order valence-electron chi connectivity index (χ0n) is 24.2. The van der Waals surface area contributed by atoms with Crippen LogP contribution >= 0.6 is 0 Å². The summed E-state index contributed by atoms with van der Waals surface area (Å²) < 4.78 is 42.4. The number of ether oxygens (including phenoxy) is 2. The minimum atomic E-state index is -0.301. The van der Waals surface area contributed by atoms with E-state index in [2.05, 4.69) is 12.1 Å². The molecule has 0 spiro atoms. The van der Waals surface area contributed by atoms with Crippen molar-refractivity contribution in [2.45, 2.75) is 76.0 Å². The average Bonchev–Trinajstić information content (AvgIpc) is 2.94. The summed E-state index contributed by atoms with van der Waals surface area (Å²) in [7, 11) is 0. The van der Waals surface area contributed by atoms with Crippen LogP contribution in [0.2, 0.25) is 0 Å². The van der Waals surface area contributed by atoms with Gasteiger partial charge in [0.25, 0.3) is 0 Å². The van der Waals surface area contributed by atoms with Crippen molar-refractivity contribution in [2.24, 2.45) is 47.3 Å². The third-order valence-corrected chi connectivity index (χ3v) is 12.4. The van der Waals surface area contributed by atoms with Crippen LogP contribution in [0.1, 0.15) is 87.2 Å². The molecular weight excluding hydrogens is 526 g/mol. The van der Waals surface area contributed by atoms with Gasteiger partial charge in [-0.25, -0.2) is 8.78 Å². The molecule has 0 heterocycles. The van der Waals surface area contributed by atoms with E-state index in [1.54, 1.807) is 12.1 Å². The molecule has 8 bridgehead atoms. The molecule has 0 radical (unpaired) electrons. The predicted octanol–water partition coefficient (Wildman–Crippen LogP) is 10.6. The molecule has 0 aromatic heterocycles. The van der Waals surface area contributed by atoms with Crippen molar-refractivity contribution < 1.29 is 18.3 Å². The molecular formula is C38H40F2O2. The minimum Gasteiger partial charge on any atom is -0.457 e. The maximum atomic E-state index is 14.5. The molecule has 0 N–H and O–H groups in total. The van der Waals surface area contributed by atoms with Crippen molar-refractivity contribution in [1.29, 1.82) is 0 Å². The van der Waals surface area contributed by atoms with Crippen LogP contribution in [0.25, 0.3) is 0 Å². The molecule has 8 saturated carbocycles. The Morgan fingerprint density at radius 3 is 1.48 bits per heavy atom. The fourth-order valence-corrected chi connectivity index (χ4v) is 11.5. The number of benzene rings is 3. The molecule has 0 atom stereocenters. The predicted molar refractivity (Wildman–Crippen MR) is 159 cm³/mol.